The molecule has 0 saturated carbocycles. The molecule has 2 rings (SSSR count). The van der Waals surface area contributed by atoms with Crippen molar-refractivity contribution in [1.82, 2.24) is 15.8 Å². The van der Waals surface area contributed by atoms with E-state index in [-0.39, 0.29) is 11.8 Å². The first kappa shape index (κ1) is 15.3. The van der Waals surface area contributed by atoms with Crippen LogP contribution in [-0.4, -0.2) is 16.8 Å². The first-order chi connectivity index (χ1) is 9.91. The fourth-order valence-corrected chi connectivity index (χ4v) is 2.07. The zero-order valence-corrected chi connectivity index (χ0v) is 13.3. The van der Waals surface area contributed by atoms with E-state index in [2.05, 4.69) is 31.8 Å². The van der Waals surface area contributed by atoms with Gasteiger partial charge in [0.2, 0.25) is 5.91 Å². The first-order valence-electron chi connectivity index (χ1n) is 6.41. The number of H-pyrrole nitrogens is 1. The Morgan fingerprint density at radius 2 is 1.76 bits per heavy atom. The summed E-state index contributed by atoms with van der Waals surface area (Å²) in [5.74, 6) is -0.676. The summed E-state index contributed by atoms with van der Waals surface area (Å²) >= 11 is 3.36. The SMILES string of the molecule is CC(C)(C(=O)NNC(=O)c1ccc[nH]1)c1ccc(Br)cc1. The van der Waals surface area contributed by atoms with E-state index in [9.17, 15) is 9.59 Å². The number of rotatable bonds is 3. The predicted molar refractivity (Wildman–Crippen MR) is 83.6 cm³/mol. The zero-order chi connectivity index (χ0) is 15.5. The summed E-state index contributed by atoms with van der Waals surface area (Å²) in [5.41, 5.74) is 5.33. The number of benzene rings is 1. The molecular weight excluding hydrogens is 334 g/mol. The lowest BCUT2D eigenvalue weighted by Crippen LogP contribution is -2.49. The molecular formula is C15H16BrN3O2. The van der Waals surface area contributed by atoms with Gasteiger partial charge in [-0.3, -0.25) is 20.4 Å². The van der Waals surface area contributed by atoms with Gasteiger partial charge >= 0.3 is 0 Å². The first-order valence-corrected chi connectivity index (χ1v) is 7.21. The molecule has 0 spiro atoms. The Labute approximate surface area is 131 Å². The summed E-state index contributed by atoms with van der Waals surface area (Å²) in [7, 11) is 0. The van der Waals surface area contributed by atoms with Crippen LogP contribution in [0.2, 0.25) is 0 Å². The molecule has 2 aromatic rings. The van der Waals surface area contributed by atoms with Gasteiger partial charge in [-0.2, -0.15) is 0 Å². The summed E-state index contributed by atoms with van der Waals surface area (Å²) < 4.78 is 0.947. The Morgan fingerprint density at radius 3 is 2.33 bits per heavy atom. The van der Waals surface area contributed by atoms with Crippen molar-refractivity contribution in [3.8, 4) is 0 Å². The molecule has 0 fully saturated rings. The Bertz CT molecular complexity index is 633. The van der Waals surface area contributed by atoms with Crippen molar-refractivity contribution in [3.05, 3.63) is 58.3 Å². The summed E-state index contributed by atoms with van der Waals surface area (Å²) in [6.07, 6.45) is 1.64. The molecule has 0 bridgehead atoms. The van der Waals surface area contributed by atoms with Crippen LogP contribution < -0.4 is 10.9 Å². The Morgan fingerprint density at radius 1 is 1.10 bits per heavy atom. The van der Waals surface area contributed by atoms with Crippen LogP contribution in [0, 0.1) is 0 Å². The third-order valence-corrected chi connectivity index (χ3v) is 3.79. The maximum Gasteiger partial charge on any atom is 0.286 e. The number of hydrogen-bond acceptors (Lipinski definition) is 2. The van der Waals surface area contributed by atoms with E-state index in [0.717, 1.165) is 10.0 Å². The molecule has 110 valence electrons. The Kier molecular flexibility index (Phi) is 4.47. The minimum absolute atomic E-state index is 0.287. The molecule has 0 radical (unpaired) electrons. The van der Waals surface area contributed by atoms with Gasteiger partial charge in [-0.1, -0.05) is 28.1 Å². The van der Waals surface area contributed by atoms with Gasteiger partial charge in [0.15, 0.2) is 0 Å². The molecule has 21 heavy (non-hydrogen) atoms. The van der Waals surface area contributed by atoms with Gasteiger partial charge in [0.25, 0.3) is 5.91 Å². The van der Waals surface area contributed by atoms with E-state index in [1.165, 1.54) is 0 Å². The topological polar surface area (TPSA) is 74.0 Å². The summed E-state index contributed by atoms with van der Waals surface area (Å²) in [4.78, 5) is 26.8. The number of hydrogen-bond donors (Lipinski definition) is 3. The fraction of sp³-hybridized carbons (Fsp3) is 0.200. The molecule has 1 aromatic heterocycles. The number of carbonyl (C=O) groups excluding carboxylic acids is 2. The largest absolute Gasteiger partial charge is 0.357 e. The molecule has 0 saturated heterocycles. The van der Waals surface area contributed by atoms with Gasteiger partial charge in [-0.05, 0) is 43.7 Å². The number of aromatic nitrogens is 1. The van der Waals surface area contributed by atoms with E-state index < -0.39 is 5.41 Å². The van der Waals surface area contributed by atoms with Crippen LogP contribution in [0.1, 0.15) is 29.9 Å². The van der Waals surface area contributed by atoms with Gasteiger partial charge in [0.05, 0.1) is 5.41 Å². The highest BCUT2D eigenvalue weighted by molar-refractivity contribution is 9.10. The van der Waals surface area contributed by atoms with Crippen molar-refractivity contribution < 1.29 is 9.59 Å². The van der Waals surface area contributed by atoms with Crippen molar-refractivity contribution in [2.75, 3.05) is 0 Å². The average molecular weight is 350 g/mol. The summed E-state index contributed by atoms with van der Waals surface area (Å²) in [6, 6.07) is 10.8. The molecule has 2 amide bonds. The van der Waals surface area contributed by atoms with Crippen LogP contribution in [0.25, 0.3) is 0 Å². The lowest BCUT2D eigenvalue weighted by molar-refractivity contribution is -0.126. The van der Waals surface area contributed by atoms with Crippen molar-refractivity contribution >= 4 is 27.7 Å². The van der Waals surface area contributed by atoms with Gasteiger partial charge in [0.1, 0.15) is 5.69 Å². The quantitative estimate of drug-likeness (QED) is 0.745. The minimum Gasteiger partial charge on any atom is -0.357 e. The van der Waals surface area contributed by atoms with Crippen molar-refractivity contribution in [1.29, 1.82) is 0 Å². The van der Waals surface area contributed by atoms with Crippen molar-refractivity contribution in [3.63, 3.8) is 0 Å². The minimum atomic E-state index is -0.760. The summed E-state index contributed by atoms with van der Waals surface area (Å²) in [6.45, 7) is 3.60. The van der Waals surface area contributed by atoms with E-state index in [1.54, 1.807) is 32.2 Å². The van der Waals surface area contributed by atoms with E-state index in [0.29, 0.717) is 5.69 Å². The fourth-order valence-electron chi connectivity index (χ4n) is 1.81. The number of amides is 2. The third-order valence-electron chi connectivity index (χ3n) is 3.27. The maximum absolute atomic E-state index is 12.3. The molecule has 0 aliphatic rings. The third kappa shape index (κ3) is 3.52. The van der Waals surface area contributed by atoms with Gasteiger partial charge in [0, 0.05) is 10.7 Å². The lowest BCUT2D eigenvalue weighted by atomic mass is 9.84. The second kappa shape index (κ2) is 6.13. The van der Waals surface area contributed by atoms with E-state index >= 15 is 0 Å². The van der Waals surface area contributed by atoms with Crippen LogP contribution in [0.5, 0.6) is 0 Å². The average Bonchev–Trinajstić information content (AvgIpc) is 2.99. The van der Waals surface area contributed by atoms with E-state index in [4.69, 9.17) is 0 Å². The smallest absolute Gasteiger partial charge is 0.286 e. The van der Waals surface area contributed by atoms with Crippen LogP contribution in [0.4, 0.5) is 0 Å². The second-order valence-electron chi connectivity index (χ2n) is 5.12. The van der Waals surface area contributed by atoms with Crippen molar-refractivity contribution in [2.45, 2.75) is 19.3 Å². The molecule has 1 aromatic carbocycles. The van der Waals surface area contributed by atoms with Gasteiger partial charge in [-0.15, -0.1) is 0 Å². The zero-order valence-electron chi connectivity index (χ0n) is 11.7. The molecule has 1 heterocycles. The molecule has 0 atom stereocenters. The number of aromatic amines is 1. The van der Waals surface area contributed by atoms with Crippen LogP contribution in [0.15, 0.2) is 47.1 Å². The molecule has 0 aliphatic heterocycles. The van der Waals surface area contributed by atoms with Crippen molar-refractivity contribution in [2.24, 2.45) is 0 Å². The molecule has 3 N–H and O–H groups in total. The highest BCUT2D eigenvalue weighted by Gasteiger charge is 2.30. The molecule has 0 aliphatic carbocycles. The van der Waals surface area contributed by atoms with Crippen LogP contribution >= 0.6 is 15.9 Å². The standard InChI is InChI=1S/C15H16BrN3O2/c1-15(2,10-5-7-11(16)8-6-10)14(21)19-18-13(20)12-4-3-9-17-12/h3-9,17H,1-2H3,(H,18,20)(H,19,21). The molecule has 5 nitrogen and oxygen atoms in total. The highest BCUT2D eigenvalue weighted by atomic mass is 79.9. The Balaban J connectivity index is 2.02. The van der Waals surface area contributed by atoms with Crippen LogP contribution in [0.3, 0.4) is 0 Å². The second-order valence-corrected chi connectivity index (χ2v) is 6.04. The monoisotopic (exact) mass is 349 g/mol. The van der Waals surface area contributed by atoms with Crippen LogP contribution in [-0.2, 0) is 10.2 Å². The number of nitrogens with one attached hydrogen (secondary N) is 3. The molecule has 6 heteroatoms. The number of carbonyl (C=O) groups is 2. The van der Waals surface area contributed by atoms with Gasteiger partial charge < -0.3 is 4.98 Å². The predicted octanol–water partition coefficient (Wildman–Crippen LogP) is 2.52. The normalized spacial score (nSPS) is 11.0. The van der Waals surface area contributed by atoms with Gasteiger partial charge in [-0.25, -0.2) is 0 Å². The Hall–Kier alpha value is -2.08. The maximum atomic E-state index is 12.3. The summed E-state index contributed by atoms with van der Waals surface area (Å²) in [5, 5.41) is 0. The highest BCUT2D eigenvalue weighted by Crippen LogP contribution is 2.24. The van der Waals surface area contributed by atoms with E-state index in [1.807, 2.05) is 24.3 Å². The number of hydrazine groups is 1. The number of halogens is 1. The molecule has 0 unspecified atom stereocenters. The lowest BCUT2D eigenvalue weighted by Gasteiger charge is -2.24.